The van der Waals surface area contributed by atoms with E-state index in [1.54, 1.807) is 24.3 Å². The third-order valence-electron chi connectivity index (χ3n) is 2.41. The molecule has 0 saturated carbocycles. The number of nitriles is 1. The highest BCUT2D eigenvalue weighted by Crippen LogP contribution is 2.22. The van der Waals surface area contributed by atoms with E-state index in [2.05, 4.69) is 0 Å². The molecule has 2 aromatic rings. The van der Waals surface area contributed by atoms with Crippen LogP contribution in [0.3, 0.4) is 0 Å². The summed E-state index contributed by atoms with van der Waals surface area (Å²) in [5, 5.41) is 9.11. The number of hydrogen-bond donors (Lipinski definition) is 1. The summed E-state index contributed by atoms with van der Waals surface area (Å²) in [6, 6.07) is 8.71. The van der Waals surface area contributed by atoms with Crippen molar-refractivity contribution in [2.24, 2.45) is 0 Å². The number of unbranched alkanes of at least 4 members (excludes halogenated alkanes) is 1. The summed E-state index contributed by atoms with van der Waals surface area (Å²) in [5.41, 5.74) is 6.83. The summed E-state index contributed by atoms with van der Waals surface area (Å²) in [6.45, 7) is 0.214. The molecule has 0 aliphatic carbocycles. The summed E-state index contributed by atoms with van der Waals surface area (Å²) >= 11 is 0. The molecular formula is C13H12N2O3. The Balaban J connectivity index is 2.07. The highest BCUT2D eigenvalue weighted by atomic mass is 16.5. The first-order valence-corrected chi connectivity index (χ1v) is 5.54. The third kappa shape index (κ3) is 2.61. The molecule has 0 aliphatic heterocycles. The molecule has 18 heavy (non-hydrogen) atoms. The summed E-state index contributed by atoms with van der Waals surface area (Å²) in [5.74, 6) is -0.379. The first kappa shape index (κ1) is 12.0. The molecule has 0 spiro atoms. The van der Waals surface area contributed by atoms with Crippen molar-refractivity contribution in [1.82, 2.24) is 0 Å². The Labute approximate surface area is 104 Å². The fourth-order valence-corrected chi connectivity index (χ4v) is 1.55. The van der Waals surface area contributed by atoms with Crippen molar-refractivity contribution in [3.05, 3.63) is 30.0 Å². The molecule has 0 radical (unpaired) electrons. The zero-order chi connectivity index (χ0) is 13.0. The molecular weight excluding hydrogens is 232 g/mol. The van der Waals surface area contributed by atoms with Gasteiger partial charge in [-0.2, -0.15) is 5.26 Å². The normalized spacial score (nSPS) is 10.2. The Kier molecular flexibility index (Phi) is 3.49. The van der Waals surface area contributed by atoms with Gasteiger partial charge in [-0.1, -0.05) is 0 Å². The topological polar surface area (TPSA) is 89.2 Å². The van der Waals surface area contributed by atoms with Gasteiger partial charge in [0, 0.05) is 17.5 Å². The molecule has 0 atom stereocenters. The Morgan fingerprint density at radius 3 is 3.06 bits per heavy atom. The van der Waals surface area contributed by atoms with Crippen molar-refractivity contribution in [3.63, 3.8) is 0 Å². The van der Waals surface area contributed by atoms with Crippen molar-refractivity contribution in [2.45, 2.75) is 12.8 Å². The van der Waals surface area contributed by atoms with E-state index in [0.29, 0.717) is 24.1 Å². The van der Waals surface area contributed by atoms with Gasteiger partial charge in [-0.3, -0.25) is 0 Å². The van der Waals surface area contributed by atoms with Gasteiger partial charge in [0.2, 0.25) is 5.76 Å². The van der Waals surface area contributed by atoms with Crippen LogP contribution in [0.1, 0.15) is 23.4 Å². The van der Waals surface area contributed by atoms with Crippen LogP contribution in [-0.2, 0) is 4.74 Å². The lowest BCUT2D eigenvalue weighted by Crippen LogP contribution is -2.04. The maximum absolute atomic E-state index is 11.6. The van der Waals surface area contributed by atoms with E-state index in [1.165, 1.54) is 0 Å². The molecule has 0 fully saturated rings. The molecule has 0 aliphatic rings. The van der Waals surface area contributed by atoms with Gasteiger partial charge in [0.1, 0.15) is 5.58 Å². The zero-order valence-electron chi connectivity index (χ0n) is 9.68. The molecule has 5 heteroatoms. The van der Waals surface area contributed by atoms with Crippen LogP contribution in [0.4, 0.5) is 5.69 Å². The van der Waals surface area contributed by atoms with Crippen molar-refractivity contribution in [3.8, 4) is 6.07 Å². The third-order valence-corrected chi connectivity index (χ3v) is 2.41. The first-order chi connectivity index (χ1) is 8.70. The van der Waals surface area contributed by atoms with E-state index in [-0.39, 0.29) is 12.4 Å². The highest BCUT2D eigenvalue weighted by molar-refractivity contribution is 5.93. The van der Waals surface area contributed by atoms with Gasteiger partial charge >= 0.3 is 5.97 Å². The predicted octanol–water partition coefficient (Wildman–Crippen LogP) is 2.48. The average Bonchev–Trinajstić information content (AvgIpc) is 2.77. The predicted molar refractivity (Wildman–Crippen MR) is 65.8 cm³/mol. The molecule has 1 aromatic carbocycles. The van der Waals surface area contributed by atoms with Gasteiger partial charge in [0.25, 0.3) is 0 Å². The van der Waals surface area contributed by atoms with Gasteiger partial charge in [0.05, 0.1) is 12.7 Å². The summed E-state index contributed by atoms with van der Waals surface area (Å²) in [7, 11) is 0. The number of nitrogen functional groups attached to an aromatic ring is 1. The number of fused-ring (bicyclic) bond motifs is 1. The number of furan rings is 1. The molecule has 1 aromatic heterocycles. The second-order valence-electron chi connectivity index (χ2n) is 3.81. The van der Waals surface area contributed by atoms with Crippen LogP contribution in [-0.4, -0.2) is 12.6 Å². The fourth-order valence-electron chi connectivity index (χ4n) is 1.55. The molecule has 0 amide bonds. The van der Waals surface area contributed by atoms with Gasteiger partial charge in [-0.05, 0) is 30.7 Å². The summed E-state index contributed by atoms with van der Waals surface area (Å²) in [4.78, 5) is 11.6. The minimum atomic E-state index is -0.525. The van der Waals surface area contributed by atoms with Gasteiger partial charge < -0.3 is 14.9 Å². The van der Waals surface area contributed by atoms with Gasteiger partial charge in [-0.15, -0.1) is 0 Å². The SMILES string of the molecule is N#CCCCOC(=O)c1cc2cc(N)ccc2o1. The monoisotopic (exact) mass is 244 g/mol. The maximum Gasteiger partial charge on any atom is 0.374 e. The van der Waals surface area contributed by atoms with Crippen molar-refractivity contribution in [2.75, 3.05) is 12.3 Å². The molecule has 1 heterocycles. The molecule has 0 saturated heterocycles. The van der Waals surface area contributed by atoms with E-state index in [1.807, 2.05) is 6.07 Å². The Bertz CT molecular complexity index is 610. The number of rotatable bonds is 4. The standard InChI is InChI=1S/C13H12N2O3/c14-5-1-2-6-17-13(16)12-8-9-7-10(15)3-4-11(9)18-12/h3-4,7-8H,1-2,6,15H2. The van der Waals surface area contributed by atoms with Gasteiger partial charge in [0.15, 0.2) is 0 Å². The summed E-state index contributed by atoms with van der Waals surface area (Å²) < 4.78 is 10.3. The number of hydrogen-bond acceptors (Lipinski definition) is 5. The number of anilines is 1. The Hall–Kier alpha value is -2.48. The first-order valence-electron chi connectivity index (χ1n) is 5.54. The van der Waals surface area contributed by atoms with Crippen LogP contribution in [0.5, 0.6) is 0 Å². The largest absolute Gasteiger partial charge is 0.460 e. The van der Waals surface area contributed by atoms with Crippen molar-refractivity contribution >= 4 is 22.6 Å². The van der Waals surface area contributed by atoms with Crippen molar-refractivity contribution in [1.29, 1.82) is 5.26 Å². The van der Waals surface area contributed by atoms with E-state index >= 15 is 0 Å². The molecule has 0 bridgehead atoms. The number of ether oxygens (including phenoxy) is 1. The van der Waals surface area contributed by atoms with Gasteiger partial charge in [-0.25, -0.2) is 4.79 Å². The van der Waals surface area contributed by atoms with Crippen molar-refractivity contribution < 1.29 is 13.9 Å². The number of esters is 1. The van der Waals surface area contributed by atoms with Crippen LogP contribution >= 0.6 is 0 Å². The molecule has 2 N–H and O–H groups in total. The minimum Gasteiger partial charge on any atom is -0.460 e. The zero-order valence-corrected chi connectivity index (χ0v) is 9.68. The van der Waals surface area contributed by atoms with Crippen LogP contribution in [0.25, 0.3) is 11.0 Å². The Morgan fingerprint density at radius 1 is 1.44 bits per heavy atom. The molecule has 2 rings (SSSR count). The maximum atomic E-state index is 11.6. The Morgan fingerprint density at radius 2 is 2.28 bits per heavy atom. The van der Waals surface area contributed by atoms with E-state index in [0.717, 1.165) is 5.39 Å². The second-order valence-corrected chi connectivity index (χ2v) is 3.81. The number of nitrogens with two attached hydrogens (primary N) is 1. The average molecular weight is 244 g/mol. The van der Waals surface area contributed by atoms with E-state index in [9.17, 15) is 4.79 Å². The van der Waals surface area contributed by atoms with Crippen LogP contribution < -0.4 is 5.73 Å². The minimum absolute atomic E-state index is 0.146. The smallest absolute Gasteiger partial charge is 0.374 e. The van der Waals surface area contributed by atoms with E-state index < -0.39 is 5.97 Å². The number of carbonyl (C=O) groups excluding carboxylic acids is 1. The van der Waals surface area contributed by atoms with Crippen LogP contribution in [0.15, 0.2) is 28.7 Å². The lowest BCUT2D eigenvalue weighted by molar-refractivity contribution is 0.0468. The number of carbonyl (C=O) groups is 1. The van der Waals surface area contributed by atoms with Crippen LogP contribution in [0, 0.1) is 11.3 Å². The highest BCUT2D eigenvalue weighted by Gasteiger charge is 2.13. The molecule has 0 unspecified atom stereocenters. The fraction of sp³-hybridized carbons (Fsp3) is 0.231. The lowest BCUT2D eigenvalue weighted by Gasteiger charge is -1.99. The quantitative estimate of drug-likeness (QED) is 0.507. The van der Waals surface area contributed by atoms with Crippen LogP contribution in [0.2, 0.25) is 0 Å². The number of nitrogens with zero attached hydrogens (tertiary/aromatic N) is 1. The molecule has 92 valence electrons. The second kappa shape index (κ2) is 5.23. The lowest BCUT2D eigenvalue weighted by atomic mass is 10.2. The molecule has 5 nitrogen and oxygen atoms in total. The summed E-state index contributed by atoms with van der Waals surface area (Å²) in [6.07, 6.45) is 0.888. The number of benzene rings is 1. The van der Waals surface area contributed by atoms with E-state index in [4.69, 9.17) is 20.1 Å².